The van der Waals surface area contributed by atoms with Gasteiger partial charge in [-0.3, -0.25) is 10.1 Å². The van der Waals surface area contributed by atoms with Crippen LogP contribution in [0.5, 0.6) is 5.75 Å². The summed E-state index contributed by atoms with van der Waals surface area (Å²) >= 11 is 0. The summed E-state index contributed by atoms with van der Waals surface area (Å²) in [5, 5.41) is 12.7. The van der Waals surface area contributed by atoms with E-state index >= 15 is 0 Å². The Kier molecular flexibility index (Phi) is 3.14. The van der Waals surface area contributed by atoms with Gasteiger partial charge < -0.3 is 10.1 Å². The lowest BCUT2D eigenvalue weighted by molar-refractivity contribution is -0.384. The number of nitrogens with zero attached hydrogens (tertiary/aromatic N) is 1. The van der Waals surface area contributed by atoms with Crippen molar-refractivity contribution in [1.82, 2.24) is 5.32 Å². The summed E-state index contributed by atoms with van der Waals surface area (Å²) in [6.07, 6.45) is 0.128. The van der Waals surface area contributed by atoms with Crippen molar-refractivity contribution in [2.45, 2.75) is 18.5 Å². The highest BCUT2D eigenvalue weighted by atomic mass is 19.1. The zero-order valence-corrected chi connectivity index (χ0v) is 9.39. The molecule has 1 aliphatic rings. The minimum Gasteiger partial charge on any atom is -0.410 e. The van der Waals surface area contributed by atoms with Gasteiger partial charge >= 0.3 is 6.09 Å². The van der Waals surface area contributed by atoms with Crippen LogP contribution in [0, 0.1) is 10.1 Å². The van der Waals surface area contributed by atoms with Crippen LogP contribution in [-0.2, 0) is 0 Å². The first-order valence-corrected chi connectivity index (χ1v) is 5.38. The zero-order chi connectivity index (χ0) is 13.2. The fourth-order valence-electron chi connectivity index (χ4n) is 1.32. The Bertz CT molecular complexity index is 470. The first-order valence-electron chi connectivity index (χ1n) is 5.38. The fourth-order valence-corrected chi connectivity index (χ4v) is 1.32. The SMILES string of the molecule is O=C(NCC1(F)CC1)Oc1ccc([N+](=O)[O-])cc1. The minimum absolute atomic E-state index is 0.0706. The standard InChI is InChI=1S/C11H11FN2O4/c12-11(5-6-11)7-13-10(15)18-9-3-1-8(2-4-9)14(16)17/h1-4H,5-7H2,(H,13,15). The second kappa shape index (κ2) is 4.59. The Morgan fingerprint density at radius 2 is 2.06 bits per heavy atom. The zero-order valence-electron chi connectivity index (χ0n) is 9.39. The van der Waals surface area contributed by atoms with Crippen molar-refractivity contribution in [2.24, 2.45) is 0 Å². The predicted octanol–water partition coefficient (Wildman–Crippen LogP) is 2.19. The number of carbonyl (C=O) groups is 1. The Morgan fingerprint density at radius 1 is 1.44 bits per heavy atom. The molecule has 0 radical (unpaired) electrons. The average molecular weight is 254 g/mol. The molecule has 1 fully saturated rings. The lowest BCUT2D eigenvalue weighted by Gasteiger charge is -2.08. The molecular formula is C11H11FN2O4. The normalized spacial score (nSPS) is 15.8. The quantitative estimate of drug-likeness (QED) is 0.659. The van der Waals surface area contributed by atoms with Crippen LogP contribution >= 0.6 is 0 Å². The van der Waals surface area contributed by atoms with E-state index in [2.05, 4.69) is 5.32 Å². The number of nitro groups is 1. The number of rotatable bonds is 4. The largest absolute Gasteiger partial charge is 0.412 e. The maximum Gasteiger partial charge on any atom is 0.412 e. The van der Waals surface area contributed by atoms with E-state index in [0.29, 0.717) is 12.8 Å². The number of non-ortho nitro benzene ring substituents is 1. The molecule has 0 atom stereocenters. The number of hydrogen-bond donors (Lipinski definition) is 1. The van der Waals surface area contributed by atoms with E-state index in [1.54, 1.807) is 0 Å². The Labute approximate surface area is 102 Å². The third kappa shape index (κ3) is 3.16. The van der Waals surface area contributed by atoms with Gasteiger partial charge in [-0.1, -0.05) is 0 Å². The number of ether oxygens (including phenoxy) is 1. The summed E-state index contributed by atoms with van der Waals surface area (Å²) in [4.78, 5) is 21.1. The molecule has 0 aliphatic heterocycles. The highest BCUT2D eigenvalue weighted by Crippen LogP contribution is 2.38. The van der Waals surface area contributed by atoms with Gasteiger partial charge in [0.05, 0.1) is 11.5 Å². The predicted molar refractivity (Wildman–Crippen MR) is 60.2 cm³/mol. The Morgan fingerprint density at radius 3 is 2.56 bits per heavy atom. The van der Waals surface area contributed by atoms with Crippen molar-refractivity contribution in [3.8, 4) is 5.75 Å². The topological polar surface area (TPSA) is 81.5 Å². The lowest BCUT2D eigenvalue weighted by atomic mass is 10.3. The van der Waals surface area contributed by atoms with Crippen molar-refractivity contribution in [3.05, 3.63) is 34.4 Å². The second-order valence-corrected chi connectivity index (χ2v) is 4.14. The highest BCUT2D eigenvalue weighted by molar-refractivity contribution is 5.70. The van der Waals surface area contributed by atoms with Gasteiger partial charge in [0.1, 0.15) is 11.4 Å². The van der Waals surface area contributed by atoms with Crippen LogP contribution in [0.2, 0.25) is 0 Å². The van der Waals surface area contributed by atoms with Gasteiger partial charge in [0.15, 0.2) is 0 Å². The summed E-state index contributed by atoms with van der Waals surface area (Å²) in [5.74, 6) is 0.168. The third-order valence-corrected chi connectivity index (χ3v) is 2.60. The number of alkyl halides is 1. The number of hydrogen-bond acceptors (Lipinski definition) is 4. The highest BCUT2D eigenvalue weighted by Gasteiger charge is 2.43. The molecule has 1 aromatic carbocycles. The van der Waals surface area contributed by atoms with E-state index in [-0.39, 0.29) is 18.0 Å². The van der Waals surface area contributed by atoms with Crippen molar-refractivity contribution in [1.29, 1.82) is 0 Å². The van der Waals surface area contributed by atoms with Gasteiger partial charge in [-0.2, -0.15) is 0 Å². The van der Waals surface area contributed by atoms with E-state index in [0.717, 1.165) is 0 Å². The first-order chi connectivity index (χ1) is 8.48. The average Bonchev–Trinajstić information content (AvgIpc) is 3.06. The smallest absolute Gasteiger partial charge is 0.410 e. The Hall–Kier alpha value is -2.18. The molecule has 6 nitrogen and oxygen atoms in total. The maximum absolute atomic E-state index is 13.2. The Balaban J connectivity index is 1.84. The number of amides is 1. The number of nitro benzene ring substituents is 1. The molecule has 0 saturated heterocycles. The van der Waals surface area contributed by atoms with Crippen LogP contribution in [0.15, 0.2) is 24.3 Å². The monoisotopic (exact) mass is 254 g/mol. The summed E-state index contributed by atoms with van der Waals surface area (Å²) in [5.41, 5.74) is -1.38. The van der Waals surface area contributed by atoms with Crippen LogP contribution < -0.4 is 10.1 Å². The number of halogens is 1. The molecule has 0 bridgehead atoms. The molecule has 0 spiro atoms. The van der Waals surface area contributed by atoms with Gasteiger partial charge in [0.2, 0.25) is 0 Å². The molecule has 0 unspecified atom stereocenters. The molecule has 96 valence electrons. The van der Waals surface area contributed by atoms with Gasteiger partial charge in [-0.25, -0.2) is 9.18 Å². The van der Waals surface area contributed by atoms with Crippen molar-refractivity contribution in [2.75, 3.05) is 6.54 Å². The fraction of sp³-hybridized carbons (Fsp3) is 0.364. The lowest BCUT2D eigenvalue weighted by Crippen LogP contribution is -2.33. The third-order valence-electron chi connectivity index (χ3n) is 2.60. The molecule has 7 heteroatoms. The molecular weight excluding hydrogens is 243 g/mol. The molecule has 18 heavy (non-hydrogen) atoms. The summed E-state index contributed by atoms with van der Waals surface area (Å²) < 4.78 is 18.0. The minimum atomic E-state index is -1.28. The van der Waals surface area contributed by atoms with Crippen molar-refractivity contribution in [3.63, 3.8) is 0 Å². The first kappa shape index (κ1) is 12.3. The van der Waals surface area contributed by atoms with Crippen LogP contribution in [0.25, 0.3) is 0 Å². The summed E-state index contributed by atoms with van der Waals surface area (Å²) in [6, 6.07) is 5.06. The van der Waals surface area contributed by atoms with Gasteiger partial charge in [-0.15, -0.1) is 0 Å². The molecule has 2 rings (SSSR count). The molecule has 0 heterocycles. The molecule has 1 saturated carbocycles. The molecule has 1 N–H and O–H groups in total. The maximum atomic E-state index is 13.2. The van der Waals surface area contributed by atoms with Gasteiger partial charge in [0.25, 0.3) is 5.69 Å². The van der Waals surface area contributed by atoms with E-state index in [9.17, 15) is 19.3 Å². The van der Waals surface area contributed by atoms with E-state index in [1.165, 1.54) is 24.3 Å². The van der Waals surface area contributed by atoms with Crippen LogP contribution in [0.1, 0.15) is 12.8 Å². The number of nitrogens with one attached hydrogen (secondary N) is 1. The number of benzene rings is 1. The molecule has 1 aromatic rings. The van der Waals surface area contributed by atoms with Gasteiger partial charge in [0, 0.05) is 12.1 Å². The summed E-state index contributed by atoms with van der Waals surface area (Å²) in [6.45, 7) is -0.0706. The van der Waals surface area contributed by atoms with E-state index < -0.39 is 16.7 Å². The molecule has 1 amide bonds. The van der Waals surface area contributed by atoms with Crippen LogP contribution in [0.3, 0.4) is 0 Å². The molecule has 0 aromatic heterocycles. The van der Waals surface area contributed by atoms with E-state index in [1.807, 2.05) is 0 Å². The number of carbonyl (C=O) groups excluding carboxylic acids is 1. The second-order valence-electron chi connectivity index (χ2n) is 4.14. The molecule has 1 aliphatic carbocycles. The van der Waals surface area contributed by atoms with Crippen LogP contribution in [0.4, 0.5) is 14.9 Å². The summed E-state index contributed by atoms with van der Waals surface area (Å²) in [7, 11) is 0. The van der Waals surface area contributed by atoms with Crippen LogP contribution in [-0.4, -0.2) is 23.2 Å². The van der Waals surface area contributed by atoms with Crippen molar-refractivity contribution < 1.29 is 18.8 Å². The van der Waals surface area contributed by atoms with E-state index in [4.69, 9.17) is 4.74 Å². The van der Waals surface area contributed by atoms with Crippen molar-refractivity contribution >= 4 is 11.8 Å². The van der Waals surface area contributed by atoms with Gasteiger partial charge in [-0.05, 0) is 25.0 Å².